The van der Waals surface area contributed by atoms with Crippen LogP contribution in [0.15, 0.2) is 41.5 Å². The highest BCUT2D eigenvalue weighted by Gasteiger charge is 2.11. The molecule has 1 aromatic heterocycles. The Labute approximate surface area is 179 Å². The molecular weight excluding hydrogens is 378 g/mol. The van der Waals surface area contributed by atoms with Gasteiger partial charge in [0.05, 0.1) is 13.7 Å². The van der Waals surface area contributed by atoms with E-state index in [2.05, 4.69) is 37.6 Å². The van der Waals surface area contributed by atoms with E-state index in [0.717, 1.165) is 30.2 Å². The topological polar surface area (TPSA) is 71.0 Å². The van der Waals surface area contributed by atoms with E-state index in [9.17, 15) is 0 Å². The number of aromatic nitrogens is 1. The molecule has 2 heterocycles. The summed E-state index contributed by atoms with van der Waals surface area (Å²) in [5.41, 5.74) is 1.99. The van der Waals surface area contributed by atoms with Crippen molar-refractivity contribution in [1.29, 1.82) is 0 Å². The van der Waals surface area contributed by atoms with Crippen LogP contribution in [0, 0.1) is 0 Å². The number of pyridine rings is 1. The number of benzene rings is 1. The van der Waals surface area contributed by atoms with Gasteiger partial charge < -0.3 is 25.0 Å². The summed E-state index contributed by atoms with van der Waals surface area (Å²) in [4.78, 5) is 11.4. The number of anilines is 2. The molecule has 0 amide bonds. The fraction of sp³-hybridized carbons (Fsp3) is 0.478. The Bertz CT molecular complexity index is 815. The molecule has 1 aliphatic heterocycles. The summed E-state index contributed by atoms with van der Waals surface area (Å²) in [6.45, 7) is 5.38. The molecule has 30 heavy (non-hydrogen) atoms. The van der Waals surface area contributed by atoms with Gasteiger partial charge in [-0.2, -0.15) is 0 Å². The van der Waals surface area contributed by atoms with Crippen molar-refractivity contribution in [3.05, 3.63) is 42.1 Å². The summed E-state index contributed by atoms with van der Waals surface area (Å²) in [5.74, 6) is 3.17. The Hall–Kier alpha value is -2.96. The monoisotopic (exact) mass is 411 g/mol. The largest absolute Gasteiger partial charge is 0.493 e. The van der Waals surface area contributed by atoms with Crippen LogP contribution in [-0.4, -0.2) is 44.8 Å². The molecule has 3 rings (SSSR count). The van der Waals surface area contributed by atoms with Crippen LogP contribution in [0.5, 0.6) is 11.5 Å². The smallest absolute Gasteiger partial charge is 0.195 e. The number of ether oxygens (including phenoxy) is 2. The van der Waals surface area contributed by atoms with Gasteiger partial charge in [-0.3, -0.25) is 4.99 Å². The van der Waals surface area contributed by atoms with Crippen LogP contribution in [0.2, 0.25) is 0 Å². The van der Waals surface area contributed by atoms with Crippen molar-refractivity contribution >= 4 is 17.5 Å². The van der Waals surface area contributed by atoms with Gasteiger partial charge in [0.15, 0.2) is 17.5 Å². The lowest BCUT2D eigenvalue weighted by molar-refractivity contribution is 0.311. The number of guanidine groups is 1. The molecule has 1 aromatic carbocycles. The molecule has 2 N–H and O–H groups in total. The third-order valence-corrected chi connectivity index (χ3v) is 5.15. The molecule has 1 fully saturated rings. The number of aliphatic imine (C=N–C) groups is 1. The lowest BCUT2D eigenvalue weighted by Gasteiger charge is -2.21. The lowest BCUT2D eigenvalue weighted by Crippen LogP contribution is -2.30. The van der Waals surface area contributed by atoms with Crippen LogP contribution >= 0.6 is 0 Å². The zero-order chi connectivity index (χ0) is 21.2. The molecule has 0 spiro atoms. The molecule has 0 saturated carbocycles. The van der Waals surface area contributed by atoms with E-state index >= 15 is 0 Å². The molecule has 7 nitrogen and oxygen atoms in total. The van der Waals surface area contributed by atoms with Crippen molar-refractivity contribution in [2.45, 2.75) is 39.2 Å². The van der Waals surface area contributed by atoms with Crippen LogP contribution in [0.4, 0.5) is 11.5 Å². The molecule has 1 aliphatic rings. The maximum atomic E-state index is 5.64. The summed E-state index contributed by atoms with van der Waals surface area (Å²) < 4.78 is 11.0. The molecule has 2 aromatic rings. The van der Waals surface area contributed by atoms with Gasteiger partial charge in [-0.1, -0.05) is 18.9 Å². The van der Waals surface area contributed by atoms with Crippen molar-refractivity contribution in [2.75, 3.05) is 44.1 Å². The average Bonchev–Trinajstić information content (AvgIpc) is 3.07. The van der Waals surface area contributed by atoms with Gasteiger partial charge in [-0.15, -0.1) is 0 Å². The molecule has 7 heteroatoms. The predicted octanol–water partition coefficient (Wildman–Crippen LogP) is 4.06. The van der Waals surface area contributed by atoms with Gasteiger partial charge in [0.2, 0.25) is 0 Å². The van der Waals surface area contributed by atoms with Gasteiger partial charge in [-0.05, 0) is 43.5 Å². The first kappa shape index (κ1) is 21.7. The van der Waals surface area contributed by atoms with Crippen molar-refractivity contribution in [1.82, 2.24) is 10.3 Å². The van der Waals surface area contributed by atoms with Crippen molar-refractivity contribution in [3.63, 3.8) is 0 Å². The minimum Gasteiger partial charge on any atom is -0.493 e. The summed E-state index contributed by atoms with van der Waals surface area (Å²) in [7, 11) is 3.39. The van der Waals surface area contributed by atoms with E-state index in [-0.39, 0.29) is 0 Å². The minimum atomic E-state index is 0.577. The second-order valence-corrected chi connectivity index (χ2v) is 7.28. The molecule has 0 radical (unpaired) electrons. The fourth-order valence-corrected chi connectivity index (χ4v) is 3.53. The van der Waals surface area contributed by atoms with E-state index in [0.29, 0.717) is 30.6 Å². The van der Waals surface area contributed by atoms with Crippen LogP contribution in [0.3, 0.4) is 0 Å². The van der Waals surface area contributed by atoms with E-state index in [4.69, 9.17) is 9.47 Å². The highest BCUT2D eigenvalue weighted by Crippen LogP contribution is 2.30. The first-order valence-corrected chi connectivity index (χ1v) is 10.7. The van der Waals surface area contributed by atoms with E-state index in [1.807, 2.05) is 31.3 Å². The van der Waals surface area contributed by atoms with E-state index in [1.54, 1.807) is 14.2 Å². The Morgan fingerprint density at radius 1 is 1.10 bits per heavy atom. The first-order chi connectivity index (χ1) is 14.7. The maximum absolute atomic E-state index is 5.64. The van der Waals surface area contributed by atoms with Crippen LogP contribution in [0.25, 0.3) is 0 Å². The highest BCUT2D eigenvalue weighted by molar-refractivity contribution is 5.93. The Morgan fingerprint density at radius 3 is 2.53 bits per heavy atom. The first-order valence-electron chi connectivity index (χ1n) is 10.7. The van der Waals surface area contributed by atoms with Crippen LogP contribution in [0.1, 0.15) is 38.2 Å². The third kappa shape index (κ3) is 6.02. The third-order valence-electron chi connectivity index (χ3n) is 5.15. The Balaban J connectivity index is 1.57. The fourth-order valence-electron chi connectivity index (χ4n) is 3.53. The predicted molar refractivity (Wildman–Crippen MR) is 123 cm³/mol. The van der Waals surface area contributed by atoms with Crippen LogP contribution < -0.4 is 25.0 Å². The van der Waals surface area contributed by atoms with Crippen LogP contribution in [-0.2, 0) is 6.54 Å². The highest BCUT2D eigenvalue weighted by atomic mass is 16.5. The quantitative estimate of drug-likeness (QED) is 0.529. The van der Waals surface area contributed by atoms with Crippen molar-refractivity contribution < 1.29 is 9.47 Å². The second-order valence-electron chi connectivity index (χ2n) is 7.28. The molecule has 0 aliphatic carbocycles. The molecular formula is C23H33N5O2. The molecule has 0 unspecified atom stereocenters. The lowest BCUT2D eigenvalue weighted by atomic mass is 10.2. The number of rotatable bonds is 7. The SMILES string of the molecule is CCOc1cc(NC(=NC)NCc2ccc(N3CCCCCC3)nc2)ccc1OC. The van der Waals surface area contributed by atoms with Gasteiger partial charge >= 0.3 is 0 Å². The summed E-state index contributed by atoms with van der Waals surface area (Å²) >= 11 is 0. The minimum absolute atomic E-state index is 0.577. The Kier molecular flexibility index (Phi) is 8.18. The number of hydrogen-bond acceptors (Lipinski definition) is 5. The van der Waals surface area contributed by atoms with Gasteiger partial charge in [0.25, 0.3) is 0 Å². The van der Waals surface area contributed by atoms with Crippen molar-refractivity contribution in [3.8, 4) is 11.5 Å². The molecule has 0 atom stereocenters. The zero-order valence-corrected chi connectivity index (χ0v) is 18.3. The average molecular weight is 412 g/mol. The van der Waals surface area contributed by atoms with Gasteiger partial charge in [0.1, 0.15) is 5.82 Å². The maximum Gasteiger partial charge on any atom is 0.195 e. The standard InChI is InChI=1S/C23H33N5O2/c1-4-30-21-15-19(10-11-20(21)29-3)27-23(24-2)26-17-18-9-12-22(25-16-18)28-13-7-5-6-8-14-28/h9-12,15-16H,4-8,13-14,17H2,1-3H3,(H2,24,26,27). The van der Waals surface area contributed by atoms with E-state index in [1.165, 1.54) is 25.7 Å². The molecule has 0 bridgehead atoms. The van der Waals surface area contributed by atoms with E-state index < -0.39 is 0 Å². The normalized spacial score (nSPS) is 14.8. The molecule has 1 saturated heterocycles. The van der Waals surface area contributed by atoms with Crippen molar-refractivity contribution in [2.24, 2.45) is 4.99 Å². The summed E-state index contributed by atoms with van der Waals surface area (Å²) in [6.07, 6.45) is 7.10. The molecule has 162 valence electrons. The number of nitrogens with one attached hydrogen (secondary N) is 2. The van der Waals surface area contributed by atoms with Gasteiger partial charge in [-0.25, -0.2) is 4.98 Å². The summed E-state index contributed by atoms with van der Waals surface area (Å²) in [6, 6.07) is 9.98. The number of hydrogen-bond donors (Lipinski definition) is 2. The second kappa shape index (κ2) is 11.3. The summed E-state index contributed by atoms with van der Waals surface area (Å²) in [5, 5.41) is 6.63. The number of methoxy groups -OCH3 is 1. The number of nitrogens with zero attached hydrogens (tertiary/aromatic N) is 3. The van der Waals surface area contributed by atoms with Gasteiger partial charge in [0, 0.05) is 44.6 Å². The Morgan fingerprint density at radius 2 is 1.90 bits per heavy atom. The zero-order valence-electron chi connectivity index (χ0n) is 18.3.